The molecule has 1 aliphatic rings. The summed E-state index contributed by atoms with van der Waals surface area (Å²) in [6, 6.07) is 4.97. The van der Waals surface area contributed by atoms with Gasteiger partial charge < -0.3 is 10.4 Å². The van der Waals surface area contributed by atoms with Crippen molar-refractivity contribution in [3.05, 3.63) is 34.4 Å². The molecule has 1 saturated carbocycles. The zero-order valence-electron chi connectivity index (χ0n) is 12.5. The van der Waals surface area contributed by atoms with Crippen molar-refractivity contribution in [3.63, 3.8) is 0 Å². The van der Waals surface area contributed by atoms with Crippen LogP contribution >= 0.6 is 0 Å². The molecule has 1 aromatic rings. The second kappa shape index (κ2) is 5.94. The van der Waals surface area contributed by atoms with Gasteiger partial charge in [-0.25, -0.2) is 8.42 Å². The lowest BCUT2D eigenvalue weighted by Gasteiger charge is -2.49. The molecule has 2 N–H and O–H groups in total. The van der Waals surface area contributed by atoms with E-state index >= 15 is 0 Å². The van der Waals surface area contributed by atoms with Crippen molar-refractivity contribution in [2.24, 2.45) is 5.41 Å². The van der Waals surface area contributed by atoms with Crippen LogP contribution in [0.15, 0.2) is 29.2 Å². The van der Waals surface area contributed by atoms with E-state index in [2.05, 4.69) is 5.32 Å². The lowest BCUT2D eigenvalue weighted by molar-refractivity contribution is -0.384. The molecule has 22 heavy (non-hydrogen) atoms. The Morgan fingerprint density at radius 3 is 2.41 bits per heavy atom. The van der Waals surface area contributed by atoms with Gasteiger partial charge >= 0.3 is 0 Å². The normalized spacial score (nSPS) is 23.8. The first kappa shape index (κ1) is 16.9. The highest BCUT2D eigenvalue weighted by atomic mass is 32.2. The Bertz CT molecular complexity index is 654. The molecule has 0 saturated heterocycles. The van der Waals surface area contributed by atoms with Crippen LogP contribution in [0, 0.1) is 15.5 Å². The highest BCUT2D eigenvalue weighted by molar-refractivity contribution is 7.91. The fourth-order valence-electron chi connectivity index (χ4n) is 2.51. The van der Waals surface area contributed by atoms with Gasteiger partial charge in [0, 0.05) is 30.1 Å². The van der Waals surface area contributed by atoms with Gasteiger partial charge in [-0.3, -0.25) is 10.1 Å². The second-order valence-electron chi connectivity index (χ2n) is 6.15. The molecule has 0 spiro atoms. The highest BCUT2D eigenvalue weighted by Crippen LogP contribution is 2.40. The van der Waals surface area contributed by atoms with Crippen molar-refractivity contribution in [1.82, 2.24) is 5.32 Å². The molecule has 2 rings (SSSR count). The molecule has 1 aliphatic carbocycles. The predicted octanol–water partition coefficient (Wildman–Crippen LogP) is 1.12. The van der Waals surface area contributed by atoms with Gasteiger partial charge in [-0.05, 0) is 18.6 Å². The van der Waals surface area contributed by atoms with E-state index in [1.54, 1.807) is 0 Å². The van der Waals surface area contributed by atoms with Crippen LogP contribution in [0.4, 0.5) is 5.69 Å². The van der Waals surface area contributed by atoms with Crippen molar-refractivity contribution >= 4 is 15.5 Å². The van der Waals surface area contributed by atoms with E-state index in [4.69, 9.17) is 0 Å². The van der Waals surface area contributed by atoms with Gasteiger partial charge in [0.1, 0.15) is 0 Å². The quantitative estimate of drug-likeness (QED) is 0.598. The van der Waals surface area contributed by atoms with Crippen LogP contribution < -0.4 is 5.32 Å². The molecule has 0 heterocycles. The minimum Gasteiger partial charge on any atom is -0.392 e. The number of hydrogen-bond acceptors (Lipinski definition) is 6. The van der Waals surface area contributed by atoms with E-state index < -0.39 is 14.8 Å². The third-order valence-electron chi connectivity index (χ3n) is 4.38. The predicted molar refractivity (Wildman–Crippen MR) is 81.3 cm³/mol. The van der Waals surface area contributed by atoms with E-state index in [1.807, 2.05) is 13.8 Å². The second-order valence-corrected chi connectivity index (χ2v) is 8.26. The minimum atomic E-state index is -3.48. The molecule has 1 aromatic carbocycles. The third kappa shape index (κ3) is 3.29. The lowest BCUT2D eigenvalue weighted by atomic mass is 9.64. The Balaban J connectivity index is 1.93. The summed E-state index contributed by atoms with van der Waals surface area (Å²) in [6.45, 7) is 4.15. The average molecular weight is 328 g/mol. The number of rotatable bonds is 6. The van der Waals surface area contributed by atoms with E-state index in [0.717, 1.165) is 0 Å². The number of nitro benzene ring substituents is 1. The van der Waals surface area contributed by atoms with E-state index in [0.29, 0.717) is 6.42 Å². The van der Waals surface area contributed by atoms with E-state index in [9.17, 15) is 23.6 Å². The fourth-order valence-corrected chi connectivity index (χ4v) is 3.68. The summed E-state index contributed by atoms with van der Waals surface area (Å²) >= 11 is 0. The average Bonchev–Trinajstić information content (AvgIpc) is 2.46. The lowest BCUT2D eigenvalue weighted by Crippen LogP contribution is -2.60. The first-order chi connectivity index (χ1) is 10.1. The van der Waals surface area contributed by atoms with E-state index in [-0.39, 0.29) is 40.4 Å². The summed E-state index contributed by atoms with van der Waals surface area (Å²) in [6.07, 6.45) is 0.251. The zero-order valence-corrected chi connectivity index (χ0v) is 13.3. The Hall–Kier alpha value is -1.51. The monoisotopic (exact) mass is 328 g/mol. The van der Waals surface area contributed by atoms with Crippen LogP contribution in [0.3, 0.4) is 0 Å². The number of benzene rings is 1. The maximum Gasteiger partial charge on any atom is 0.269 e. The largest absolute Gasteiger partial charge is 0.392 e. The molecule has 7 nitrogen and oxygen atoms in total. The van der Waals surface area contributed by atoms with Crippen molar-refractivity contribution in [3.8, 4) is 0 Å². The molecule has 122 valence electrons. The van der Waals surface area contributed by atoms with Gasteiger partial charge in [-0.2, -0.15) is 0 Å². The van der Waals surface area contributed by atoms with Gasteiger partial charge in [0.2, 0.25) is 0 Å². The number of nitrogens with one attached hydrogen (secondary N) is 1. The molecule has 0 radical (unpaired) electrons. The number of non-ortho nitro benzene ring substituents is 1. The van der Waals surface area contributed by atoms with Crippen molar-refractivity contribution in [2.75, 3.05) is 12.3 Å². The van der Waals surface area contributed by atoms with Crippen LogP contribution in [0.25, 0.3) is 0 Å². The molecular weight excluding hydrogens is 308 g/mol. The number of aliphatic hydroxyl groups excluding tert-OH is 1. The topological polar surface area (TPSA) is 110 Å². The highest BCUT2D eigenvalue weighted by Gasteiger charge is 2.46. The summed E-state index contributed by atoms with van der Waals surface area (Å²) in [4.78, 5) is 10.1. The smallest absolute Gasteiger partial charge is 0.269 e. The molecule has 8 heteroatoms. The van der Waals surface area contributed by atoms with Gasteiger partial charge in [-0.15, -0.1) is 0 Å². The number of aliphatic hydroxyl groups is 1. The van der Waals surface area contributed by atoms with Crippen LogP contribution in [0.5, 0.6) is 0 Å². The van der Waals surface area contributed by atoms with E-state index in [1.165, 1.54) is 24.3 Å². The standard InChI is InChI=1S/C14H20N2O5S/c1-14(2)12(9-13(14)17)15-7-8-22(20,21)11-5-3-10(4-6-11)16(18)19/h3-6,12-13,15,17H,7-9H2,1-2H3/t12-,13-/m0/s1. The Kier molecular flexibility index (Phi) is 4.55. The van der Waals surface area contributed by atoms with Crippen molar-refractivity contribution < 1.29 is 18.4 Å². The first-order valence-electron chi connectivity index (χ1n) is 7.03. The number of nitro groups is 1. The van der Waals surface area contributed by atoms with Gasteiger partial charge in [0.25, 0.3) is 5.69 Å². The summed E-state index contributed by atoms with van der Waals surface area (Å²) in [5, 5.41) is 23.4. The minimum absolute atomic E-state index is 0.0767. The summed E-state index contributed by atoms with van der Waals surface area (Å²) in [5.41, 5.74) is -0.390. The third-order valence-corrected chi connectivity index (χ3v) is 6.12. The maximum atomic E-state index is 12.2. The van der Waals surface area contributed by atoms with Crippen LogP contribution in [0.2, 0.25) is 0 Å². The SMILES string of the molecule is CC1(C)[C@@H](NCCS(=O)(=O)c2ccc([N+](=O)[O-])cc2)C[C@@H]1O. The number of sulfone groups is 1. The summed E-state index contributed by atoms with van der Waals surface area (Å²) in [7, 11) is -3.48. The fraction of sp³-hybridized carbons (Fsp3) is 0.571. The van der Waals surface area contributed by atoms with Gasteiger partial charge in [0.05, 0.1) is 21.7 Å². The van der Waals surface area contributed by atoms with Crippen molar-refractivity contribution in [2.45, 2.75) is 37.3 Å². The Morgan fingerprint density at radius 1 is 1.36 bits per heavy atom. The van der Waals surface area contributed by atoms with Gasteiger partial charge in [-0.1, -0.05) is 13.8 Å². The van der Waals surface area contributed by atoms with Crippen LogP contribution in [-0.2, 0) is 9.84 Å². The number of nitrogens with zero attached hydrogens (tertiary/aromatic N) is 1. The Morgan fingerprint density at radius 2 is 1.95 bits per heavy atom. The molecule has 0 aromatic heterocycles. The molecular formula is C14H20N2O5S. The zero-order chi connectivity index (χ0) is 16.5. The summed E-state index contributed by atoms with van der Waals surface area (Å²) < 4.78 is 24.3. The van der Waals surface area contributed by atoms with Gasteiger partial charge in [0.15, 0.2) is 9.84 Å². The molecule has 1 fully saturated rings. The molecule has 2 atom stereocenters. The molecule has 0 amide bonds. The molecule has 0 bridgehead atoms. The summed E-state index contributed by atoms with van der Waals surface area (Å²) in [5.74, 6) is -0.0898. The number of hydrogen-bond donors (Lipinski definition) is 2. The van der Waals surface area contributed by atoms with Crippen molar-refractivity contribution in [1.29, 1.82) is 0 Å². The van der Waals surface area contributed by atoms with Crippen LogP contribution in [0.1, 0.15) is 20.3 Å². The van der Waals surface area contributed by atoms with Crippen LogP contribution in [-0.4, -0.2) is 42.9 Å². The Labute approximate surface area is 129 Å². The molecule has 0 aliphatic heterocycles. The maximum absolute atomic E-state index is 12.2. The molecule has 0 unspecified atom stereocenters. The first-order valence-corrected chi connectivity index (χ1v) is 8.68.